The molecule has 136 valence electrons. The summed E-state index contributed by atoms with van der Waals surface area (Å²) in [5, 5.41) is 1.45. The second-order valence-corrected chi connectivity index (χ2v) is 5.88. The second kappa shape index (κ2) is 10.7. The van der Waals surface area contributed by atoms with E-state index in [-0.39, 0.29) is 0 Å². The van der Waals surface area contributed by atoms with Crippen LogP contribution in [0.1, 0.15) is 39.0 Å². The molecule has 3 rings (SSSR count). The molecule has 0 unspecified atom stereocenters. The highest BCUT2D eigenvalue weighted by Crippen LogP contribution is 2.30. The number of aryl methyl sites for hydroxylation is 1. The van der Waals surface area contributed by atoms with E-state index in [1.165, 1.54) is 23.9 Å². The van der Waals surface area contributed by atoms with Crippen LogP contribution in [0.4, 0.5) is 0 Å². The molecule has 0 atom stereocenters. The van der Waals surface area contributed by atoms with Crippen molar-refractivity contribution in [3.05, 3.63) is 60.0 Å². The molecule has 0 aliphatic carbocycles. The summed E-state index contributed by atoms with van der Waals surface area (Å²) >= 11 is 0. The molecule has 2 aromatic rings. The Hall–Kier alpha value is -2.13. The highest BCUT2D eigenvalue weighted by atomic mass is 15.1. The van der Waals surface area contributed by atoms with Crippen molar-refractivity contribution in [2.75, 3.05) is 13.6 Å². The molecular weight excluding hydrogens is 306 g/mol. The van der Waals surface area contributed by atoms with E-state index in [9.17, 15) is 0 Å². The van der Waals surface area contributed by atoms with Gasteiger partial charge in [-0.15, -0.1) is 0 Å². The molecule has 0 fully saturated rings. The van der Waals surface area contributed by atoms with Crippen LogP contribution in [0.3, 0.4) is 0 Å². The van der Waals surface area contributed by atoms with Crippen molar-refractivity contribution in [2.24, 2.45) is 4.99 Å². The van der Waals surface area contributed by atoms with Crippen molar-refractivity contribution in [1.82, 2.24) is 9.47 Å². The summed E-state index contributed by atoms with van der Waals surface area (Å²) in [5.74, 6) is 0. The summed E-state index contributed by atoms with van der Waals surface area (Å²) in [6.45, 7) is 18.3. The lowest BCUT2D eigenvalue weighted by atomic mass is 10.1. The van der Waals surface area contributed by atoms with Gasteiger partial charge in [0, 0.05) is 48.3 Å². The van der Waals surface area contributed by atoms with Gasteiger partial charge in [0.2, 0.25) is 0 Å². The van der Waals surface area contributed by atoms with Crippen LogP contribution in [0, 0.1) is 0 Å². The summed E-state index contributed by atoms with van der Waals surface area (Å²) in [6.07, 6.45) is 4.67. The van der Waals surface area contributed by atoms with E-state index in [1.807, 2.05) is 20.8 Å². The number of allylic oxidation sites excluding steroid dienone is 3. The molecule has 0 bridgehead atoms. The molecule has 1 aromatic carbocycles. The van der Waals surface area contributed by atoms with Crippen LogP contribution in [0.25, 0.3) is 10.9 Å². The topological polar surface area (TPSA) is 20.5 Å². The van der Waals surface area contributed by atoms with Crippen molar-refractivity contribution in [1.29, 1.82) is 0 Å². The maximum atomic E-state index is 3.62. The zero-order valence-electron chi connectivity index (χ0n) is 16.5. The Morgan fingerprint density at radius 3 is 2.52 bits per heavy atom. The first-order chi connectivity index (χ1) is 12.1. The van der Waals surface area contributed by atoms with E-state index in [0.29, 0.717) is 0 Å². The van der Waals surface area contributed by atoms with Gasteiger partial charge in [0.15, 0.2) is 0 Å². The largest absolute Gasteiger partial charge is 0.344 e. The first kappa shape index (κ1) is 20.9. The second-order valence-electron chi connectivity index (χ2n) is 5.88. The first-order valence-corrected chi connectivity index (χ1v) is 9.15. The van der Waals surface area contributed by atoms with E-state index in [2.05, 4.69) is 66.0 Å². The fourth-order valence-corrected chi connectivity index (χ4v) is 3.12. The fraction of sp³-hybridized carbons (Fsp3) is 0.409. The summed E-state index contributed by atoms with van der Waals surface area (Å²) in [5.41, 5.74) is 5.41. The zero-order chi connectivity index (χ0) is 18.8. The van der Waals surface area contributed by atoms with Crippen LogP contribution in [-0.2, 0) is 19.5 Å². The van der Waals surface area contributed by atoms with E-state index in [4.69, 9.17) is 0 Å². The normalized spacial score (nSPS) is 13.9. The Labute approximate surface area is 153 Å². The molecule has 3 heteroatoms. The van der Waals surface area contributed by atoms with Crippen LogP contribution in [0.2, 0.25) is 0 Å². The summed E-state index contributed by atoms with van der Waals surface area (Å²) in [4.78, 5) is 6.03. The maximum Gasteiger partial charge on any atom is 0.0485 e. The number of hydrogen-bond acceptors (Lipinski definition) is 2. The van der Waals surface area contributed by atoms with Crippen molar-refractivity contribution in [3.63, 3.8) is 0 Å². The third kappa shape index (κ3) is 5.17. The van der Waals surface area contributed by atoms with Crippen molar-refractivity contribution >= 4 is 17.6 Å². The van der Waals surface area contributed by atoms with Gasteiger partial charge >= 0.3 is 0 Å². The molecule has 1 aromatic heterocycles. The number of benzene rings is 1. The van der Waals surface area contributed by atoms with Gasteiger partial charge in [0.25, 0.3) is 0 Å². The Balaban J connectivity index is 0.000000297. The van der Waals surface area contributed by atoms with E-state index >= 15 is 0 Å². The highest BCUT2D eigenvalue weighted by molar-refractivity contribution is 5.85. The molecule has 0 amide bonds. The molecule has 0 spiro atoms. The smallest absolute Gasteiger partial charge is 0.0485 e. The van der Waals surface area contributed by atoms with Gasteiger partial charge in [-0.05, 0) is 45.3 Å². The number of rotatable bonds is 3. The fourth-order valence-electron chi connectivity index (χ4n) is 3.12. The monoisotopic (exact) mass is 339 g/mol. The third-order valence-electron chi connectivity index (χ3n) is 4.28. The van der Waals surface area contributed by atoms with Crippen LogP contribution in [-0.4, -0.2) is 29.8 Å². The van der Waals surface area contributed by atoms with Gasteiger partial charge in [0.1, 0.15) is 0 Å². The minimum absolute atomic E-state index is 0.898. The Morgan fingerprint density at radius 1 is 1.28 bits per heavy atom. The van der Waals surface area contributed by atoms with Gasteiger partial charge in [-0.25, -0.2) is 0 Å². The molecule has 1 aliphatic rings. The van der Waals surface area contributed by atoms with Crippen LogP contribution in [0.15, 0.2) is 53.7 Å². The van der Waals surface area contributed by atoms with Gasteiger partial charge in [-0.2, -0.15) is 0 Å². The SMILES string of the molecule is C=C/C=C(/C)N=C.CC.CCn1c2c(c3ccccc31)CN(C)CC2. The van der Waals surface area contributed by atoms with Crippen LogP contribution < -0.4 is 0 Å². The van der Waals surface area contributed by atoms with Gasteiger partial charge in [-0.3, -0.25) is 4.99 Å². The number of likely N-dealkylation sites (N-methyl/N-ethyl adjacent to an activating group) is 1. The predicted molar refractivity (Wildman–Crippen MR) is 113 cm³/mol. The highest BCUT2D eigenvalue weighted by Gasteiger charge is 2.20. The lowest BCUT2D eigenvalue weighted by Crippen LogP contribution is -2.27. The maximum absolute atomic E-state index is 3.62. The Morgan fingerprint density at radius 2 is 1.96 bits per heavy atom. The molecule has 0 saturated heterocycles. The summed E-state index contributed by atoms with van der Waals surface area (Å²) in [6, 6.07) is 8.80. The molecule has 1 aliphatic heterocycles. The predicted octanol–water partition coefficient (Wildman–Crippen LogP) is 5.45. The molecular formula is C22H33N3. The van der Waals surface area contributed by atoms with Crippen molar-refractivity contribution < 1.29 is 0 Å². The van der Waals surface area contributed by atoms with Gasteiger partial charge in [-0.1, -0.05) is 44.7 Å². The van der Waals surface area contributed by atoms with Crippen LogP contribution >= 0.6 is 0 Å². The number of hydrogen-bond donors (Lipinski definition) is 0. The standard InChI is InChI=1S/C14H18N2.C6H9N.C2H6/c1-3-16-13-7-5-4-6-11(13)12-10-15(2)9-8-14(12)16;1-4-5-6(2)7-3;1-2/h4-7H,3,8-10H2,1-2H3;4-5H,1,3H2,2H3;1-2H3/b;6-5-;. The van der Waals surface area contributed by atoms with E-state index < -0.39 is 0 Å². The zero-order valence-corrected chi connectivity index (χ0v) is 16.5. The minimum atomic E-state index is 0.898. The molecule has 0 N–H and O–H groups in total. The summed E-state index contributed by atoms with van der Waals surface area (Å²) < 4.78 is 2.48. The van der Waals surface area contributed by atoms with Gasteiger partial charge < -0.3 is 9.47 Å². The van der Waals surface area contributed by atoms with Crippen molar-refractivity contribution in [3.8, 4) is 0 Å². The number of nitrogens with zero attached hydrogens (tertiary/aromatic N) is 3. The summed E-state index contributed by atoms with van der Waals surface area (Å²) in [7, 11) is 2.21. The number of para-hydroxylation sites is 1. The molecule has 25 heavy (non-hydrogen) atoms. The number of aliphatic imine (C=N–C) groups is 1. The molecule has 0 saturated carbocycles. The number of fused-ring (bicyclic) bond motifs is 3. The minimum Gasteiger partial charge on any atom is -0.344 e. The van der Waals surface area contributed by atoms with Crippen molar-refractivity contribution in [2.45, 2.75) is 47.2 Å². The Bertz CT molecular complexity index is 722. The molecule has 2 heterocycles. The quantitative estimate of drug-likeness (QED) is 0.538. The van der Waals surface area contributed by atoms with E-state index in [0.717, 1.165) is 18.8 Å². The average molecular weight is 340 g/mol. The first-order valence-electron chi connectivity index (χ1n) is 9.15. The Kier molecular flexibility index (Phi) is 8.93. The molecule has 0 radical (unpaired) electrons. The lowest BCUT2D eigenvalue weighted by Gasteiger charge is -2.24. The third-order valence-corrected chi connectivity index (χ3v) is 4.28. The lowest BCUT2D eigenvalue weighted by molar-refractivity contribution is 0.309. The van der Waals surface area contributed by atoms with Gasteiger partial charge in [0.05, 0.1) is 0 Å². The number of aromatic nitrogens is 1. The van der Waals surface area contributed by atoms with Crippen LogP contribution in [0.5, 0.6) is 0 Å². The van der Waals surface area contributed by atoms with E-state index in [1.54, 1.807) is 23.4 Å². The average Bonchev–Trinajstić information content (AvgIpc) is 2.97. The molecule has 3 nitrogen and oxygen atoms in total.